The van der Waals surface area contributed by atoms with Crippen LogP contribution in [0.4, 0.5) is 0 Å². The summed E-state index contributed by atoms with van der Waals surface area (Å²) in [6, 6.07) is 16.9. The predicted octanol–water partition coefficient (Wildman–Crippen LogP) is 6.01. The van der Waals surface area contributed by atoms with Crippen LogP contribution in [0.1, 0.15) is 39.2 Å². The Kier molecular flexibility index (Phi) is 6.17. The number of nitrogens with zero attached hydrogens (tertiary/aromatic N) is 2. The van der Waals surface area contributed by atoms with Crippen LogP contribution in [-0.4, -0.2) is 21.1 Å². The molecule has 1 aliphatic rings. The summed E-state index contributed by atoms with van der Waals surface area (Å²) in [7, 11) is 0. The fourth-order valence-electron chi connectivity index (χ4n) is 4.11. The van der Waals surface area contributed by atoms with Crippen LogP contribution in [0.2, 0.25) is 5.02 Å². The molecule has 32 heavy (non-hydrogen) atoms. The van der Waals surface area contributed by atoms with Crippen LogP contribution in [-0.2, 0) is 19.4 Å². The van der Waals surface area contributed by atoms with Crippen LogP contribution >= 0.6 is 34.7 Å². The molecular weight excluding hydrogens is 460 g/mol. The highest BCUT2D eigenvalue weighted by atomic mass is 35.5. The van der Waals surface area contributed by atoms with Gasteiger partial charge in [-0.1, -0.05) is 65.8 Å². The lowest BCUT2D eigenvalue weighted by molar-refractivity contribution is 0.102. The van der Waals surface area contributed by atoms with Gasteiger partial charge in [-0.2, -0.15) is 0 Å². The molecule has 0 saturated carbocycles. The standard InChI is InChI=1S/C25H21ClN2O2S2/c26-18-10-6-9-17(13-18)20(29)15-31-25-27-23-22(19-11-4-5-12-21(19)32-23)24(30)28(25)14-16-7-2-1-3-8-16/h1-3,6-10,13H,4-5,11-12,14-15H2. The minimum Gasteiger partial charge on any atom is -0.293 e. The quantitative estimate of drug-likeness (QED) is 0.192. The molecule has 0 radical (unpaired) electrons. The van der Waals surface area contributed by atoms with Crippen molar-refractivity contribution in [1.82, 2.24) is 9.55 Å². The van der Waals surface area contributed by atoms with Crippen molar-refractivity contribution in [2.75, 3.05) is 5.75 Å². The van der Waals surface area contributed by atoms with E-state index in [1.54, 1.807) is 40.2 Å². The van der Waals surface area contributed by atoms with E-state index in [1.165, 1.54) is 22.2 Å². The van der Waals surface area contributed by atoms with Crippen LogP contribution < -0.4 is 5.56 Å². The summed E-state index contributed by atoms with van der Waals surface area (Å²) in [4.78, 5) is 33.4. The molecule has 5 rings (SSSR count). The molecule has 0 atom stereocenters. The van der Waals surface area contributed by atoms with Crippen LogP contribution in [0, 0.1) is 0 Å². The maximum Gasteiger partial charge on any atom is 0.263 e. The number of thioether (sulfide) groups is 1. The Morgan fingerprint density at radius 2 is 1.91 bits per heavy atom. The fourth-order valence-corrected chi connectivity index (χ4v) is 6.50. The Bertz CT molecular complexity index is 1360. The number of aromatic nitrogens is 2. The fraction of sp³-hybridized carbons (Fsp3) is 0.240. The van der Waals surface area contributed by atoms with Gasteiger partial charge in [0.2, 0.25) is 0 Å². The Morgan fingerprint density at radius 1 is 1.09 bits per heavy atom. The molecule has 0 fully saturated rings. The SMILES string of the molecule is O=C(CSc1nc2sc3c(c2c(=O)n1Cc1ccccc1)CCCC3)c1cccc(Cl)c1. The summed E-state index contributed by atoms with van der Waals surface area (Å²) < 4.78 is 1.73. The number of hydrogen-bond acceptors (Lipinski definition) is 5. The highest BCUT2D eigenvalue weighted by molar-refractivity contribution is 7.99. The minimum atomic E-state index is -0.0384. The van der Waals surface area contributed by atoms with Gasteiger partial charge < -0.3 is 0 Å². The smallest absolute Gasteiger partial charge is 0.263 e. The minimum absolute atomic E-state index is 0.00374. The molecule has 162 valence electrons. The van der Waals surface area contributed by atoms with E-state index in [9.17, 15) is 9.59 Å². The number of benzene rings is 2. The van der Waals surface area contributed by atoms with Crippen molar-refractivity contribution in [2.45, 2.75) is 37.4 Å². The highest BCUT2D eigenvalue weighted by Gasteiger charge is 2.23. The molecule has 7 heteroatoms. The molecule has 0 amide bonds. The zero-order valence-electron chi connectivity index (χ0n) is 17.3. The van der Waals surface area contributed by atoms with E-state index >= 15 is 0 Å². The molecule has 2 heterocycles. The summed E-state index contributed by atoms with van der Waals surface area (Å²) >= 11 is 8.99. The van der Waals surface area contributed by atoms with E-state index < -0.39 is 0 Å². The van der Waals surface area contributed by atoms with E-state index in [2.05, 4.69) is 0 Å². The van der Waals surface area contributed by atoms with Crippen molar-refractivity contribution in [3.05, 3.63) is 91.5 Å². The number of ketones is 1. The van der Waals surface area contributed by atoms with Crippen LogP contribution in [0.5, 0.6) is 0 Å². The normalized spacial score (nSPS) is 13.3. The number of aryl methyl sites for hydroxylation is 2. The highest BCUT2D eigenvalue weighted by Crippen LogP contribution is 2.35. The molecule has 4 aromatic rings. The number of carbonyl (C=O) groups is 1. The van der Waals surface area contributed by atoms with Crippen LogP contribution in [0.3, 0.4) is 0 Å². The third kappa shape index (κ3) is 4.27. The first-order valence-corrected chi connectivity index (χ1v) is 12.8. The van der Waals surface area contributed by atoms with E-state index in [4.69, 9.17) is 16.6 Å². The first-order chi connectivity index (χ1) is 15.6. The maximum atomic E-state index is 13.7. The van der Waals surface area contributed by atoms with E-state index in [1.807, 2.05) is 30.3 Å². The number of rotatable bonds is 6. The second-order valence-corrected chi connectivity index (χ2v) is 10.3. The monoisotopic (exact) mass is 480 g/mol. The molecule has 1 aliphatic carbocycles. The zero-order chi connectivity index (χ0) is 22.1. The van der Waals surface area contributed by atoms with Gasteiger partial charge in [-0.05, 0) is 48.9 Å². The molecule has 0 saturated heterocycles. The largest absolute Gasteiger partial charge is 0.293 e. The molecular formula is C25H21ClN2O2S2. The third-order valence-corrected chi connectivity index (χ3v) is 8.10. The van der Waals surface area contributed by atoms with Crippen LogP contribution in [0.25, 0.3) is 10.2 Å². The second kappa shape index (κ2) is 9.22. The Balaban J connectivity index is 1.54. The lowest BCUT2D eigenvalue weighted by Gasteiger charge is -2.13. The predicted molar refractivity (Wildman–Crippen MR) is 133 cm³/mol. The van der Waals surface area contributed by atoms with Crippen molar-refractivity contribution >= 4 is 50.7 Å². The van der Waals surface area contributed by atoms with E-state index in [0.717, 1.165) is 41.5 Å². The number of hydrogen-bond donors (Lipinski definition) is 0. The van der Waals surface area contributed by atoms with Gasteiger partial charge >= 0.3 is 0 Å². The zero-order valence-corrected chi connectivity index (χ0v) is 19.7. The van der Waals surface area contributed by atoms with Gasteiger partial charge in [-0.15, -0.1) is 11.3 Å². The van der Waals surface area contributed by atoms with E-state index in [-0.39, 0.29) is 17.1 Å². The number of halogens is 1. The van der Waals surface area contributed by atoms with Gasteiger partial charge in [0.25, 0.3) is 5.56 Å². The number of thiophene rings is 1. The van der Waals surface area contributed by atoms with Gasteiger partial charge in [0.1, 0.15) is 4.83 Å². The average molecular weight is 481 g/mol. The summed E-state index contributed by atoms with van der Waals surface area (Å²) in [5, 5.41) is 1.89. The first kappa shape index (κ1) is 21.4. The van der Waals surface area contributed by atoms with Crippen LogP contribution in [0.15, 0.2) is 64.5 Å². The summed E-state index contributed by atoms with van der Waals surface area (Å²) in [5.74, 6) is 0.154. The Labute approximate surface area is 199 Å². The lowest BCUT2D eigenvalue weighted by atomic mass is 9.97. The number of carbonyl (C=O) groups excluding carboxylic acids is 1. The summed E-state index contributed by atoms with van der Waals surface area (Å²) in [5.41, 5.74) is 2.77. The average Bonchev–Trinajstić information content (AvgIpc) is 3.19. The number of fused-ring (bicyclic) bond motifs is 3. The topological polar surface area (TPSA) is 52.0 Å². The molecule has 0 unspecified atom stereocenters. The Hall–Kier alpha value is -2.41. The maximum absolute atomic E-state index is 13.7. The van der Waals surface area contributed by atoms with Gasteiger partial charge in [0.15, 0.2) is 10.9 Å². The third-order valence-electron chi connectivity index (χ3n) is 5.70. The van der Waals surface area contributed by atoms with Crippen molar-refractivity contribution in [2.24, 2.45) is 0 Å². The molecule has 4 nitrogen and oxygen atoms in total. The van der Waals surface area contributed by atoms with Gasteiger partial charge in [-0.3, -0.25) is 14.2 Å². The second-order valence-electron chi connectivity index (χ2n) is 7.88. The van der Waals surface area contributed by atoms with Crippen molar-refractivity contribution in [3.63, 3.8) is 0 Å². The van der Waals surface area contributed by atoms with E-state index in [0.29, 0.717) is 22.3 Å². The van der Waals surface area contributed by atoms with Crippen molar-refractivity contribution in [3.8, 4) is 0 Å². The first-order valence-electron chi connectivity index (χ1n) is 10.6. The summed E-state index contributed by atoms with van der Waals surface area (Å²) in [6.07, 6.45) is 4.23. The van der Waals surface area contributed by atoms with Gasteiger partial charge in [-0.25, -0.2) is 4.98 Å². The molecule has 0 spiro atoms. The van der Waals surface area contributed by atoms with Crippen molar-refractivity contribution in [1.29, 1.82) is 0 Å². The molecule has 0 bridgehead atoms. The Morgan fingerprint density at radius 3 is 2.72 bits per heavy atom. The van der Waals surface area contributed by atoms with Gasteiger partial charge in [0, 0.05) is 15.5 Å². The van der Waals surface area contributed by atoms with Gasteiger partial charge in [0.05, 0.1) is 17.7 Å². The molecule has 0 aliphatic heterocycles. The number of Topliss-reactive ketones (excluding diaryl/α,β-unsaturated/α-hetero) is 1. The van der Waals surface area contributed by atoms with Crippen molar-refractivity contribution < 1.29 is 4.79 Å². The summed E-state index contributed by atoms with van der Waals surface area (Å²) in [6.45, 7) is 0.431. The molecule has 2 aromatic heterocycles. The molecule has 0 N–H and O–H groups in total. The molecule has 2 aromatic carbocycles. The lowest BCUT2D eigenvalue weighted by Crippen LogP contribution is -2.24.